The summed E-state index contributed by atoms with van der Waals surface area (Å²) in [5.41, 5.74) is 5.98. The molecule has 0 aromatic carbocycles. The predicted octanol–water partition coefficient (Wildman–Crippen LogP) is 0.0431. The van der Waals surface area contributed by atoms with Crippen LogP contribution in [0.1, 0.15) is 21.9 Å². The Balaban J connectivity index is 3.01. The van der Waals surface area contributed by atoms with Gasteiger partial charge in [-0.15, -0.1) is 0 Å². The molecule has 11 heavy (non-hydrogen) atoms. The molecular formula is C7H9NO3. The highest BCUT2D eigenvalue weighted by Crippen LogP contribution is 2.13. The van der Waals surface area contributed by atoms with Crippen LogP contribution >= 0.6 is 0 Å². The van der Waals surface area contributed by atoms with Crippen LogP contribution in [-0.2, 0) is 13.2 Å². The van der Waals surface area contributed by atoms with E-state index in [-0.39, 0.29) is 18.9 Å². The first kappa shape index (κ1) is 7.97. The molecule has 3 N–H and O–H groups in total. The molecule has 1 rings (SSSR count). The van der Waals surface area contributed by atoms with E-state index in [1.807, 2.05) is 0 Å². The van der Waals surface area contributed by atoms with E-state index in [1.54, 1.807) is 0 Å². The Morgan fingerprint density at radius 3 is 2.82 bits per heavy atom. The normalized spacial score (nSPS) is 10.0. The van der Waals surface area contributed by atoms with Gasteiger partial charge in [0, 0.05) is 12.1 Å². The van der Waals surface area contributed by atoms with Gasteiger partial charge >= 0.3 is 0 Å². The third-order valence-corrected chi connectivity index (χ3v) is 1.40. The van der Waals surface area contributed by atoms with Crippen LogP contribution in [0, 0.1) is 0 Å². The molecule has 0 aliphatic heterocycles. The van der Waals surface area contributed by atoms with Gasteiger partial charge in [0.05, 0.1) is 0 Å². The first-order valence-corrected chi connectivity index (χ1v) is 3.19. The maximum Gasteiger partial charge on any atom is 0.185 e. The highest BCUT2D eigenvalue weighted by Gasteiger charge is 2.07. The van der Waals surface area contributed by atoms with E-state index in [0.717, 1.165) is 0 Å². The highest BCUT2D eigenvalue weighted by molar-refractivity contribution is 5.71. The quantitative estimate of drug-likeness (QED) is 0.604. The molecular weight excluding hydrogens is 146 g/mol. The third kappa shape index (κ3) is 1.47. The van der Waals surface area contributed by atoms with Gasteiger partial charge in [0.15, 0.2) is 12.0 Å². The lowest BCUT2D eigenvalue weighted by molar-refractivity contribution is 0.109. The second-order valence-electron chi connectivity index (χ2n) is 2.08. The van der Waals surface area contributed by atoms with Crippen LogP contribution in [0.2, 0.25) is 0 Å². The summed E-state index contributed by atoms with van der Waals surface area (Å²) in [5.74, 6) is 0.573. The molecule has 0 bridgehead atoms. The maximum atomic E-state index is 10.2. The Hall–Kier alpha value is -1.13. The predicted molar refractivity (Wildman–Crippen MR) is 37.9 cm³/mol. The molecule has 0 atom stereocenters. The van der Waals surface area contributed by atoms with Gasteiger partial charge in [-0.2, -0.15) is 0 Å². The first-order chi connectivity index (χ1) is 5.31. The molecule has 0 saturated heterocycles. The number of rotatable bonds is 3. The molecule has 0 aliphatic rings. The van der Waals surface area contributed by atoms with Gasteiger partial charge in [-0.05, 0) is 6.07 Å². The molecule has 0 unspecified atom stereocenters. The van der Waals surface area contributed by atoms with Gasteiger partial charge in [-0.3, -0.25) is 4.79 Å². The standard InChI is InChI=1S/C7H9NO3/c8-2-5-1-6(3-9)11-7(5)4-10/h1,3,10H,2,4,8H2. The Kier molecular flexibility index (Phi) is 2.40. The zero-order chi connectivity index (χ0) is 8.27. The molecule has 1 aromatic rings. The number of carbonyl (C=O) groups excluding carboxylic acids is 1. The summed E-state index contributed by atoms with van der Waals surface area (Å²) in [6, 6.07) is 1.53. The fourth-order valence-corrected chi connectivity index (χ4v) is 0.854. The fraction of sp³-hybridized carbons (Fsp3) is 0.286. The molecule has 0 spiro atoms. The number of aliphatic hydroxyl groups excluding tert-OH is 1. The van der Waals surface area contributed by atoms with E-state index >= 15 is 0 Å². The maximum absolute atomic E-state index is 10.2. The second-order valence-corrected chi connectivity index (χ2v) is 2.08. The lowest BCUT2D eigenvalue weighted by Crippen LogP contribution is -1.97. The van der Waals surface area contributed by atoms with Gasteiger partial charge in [-0.25, -0.2) is 0 Å². The van der Waals surface area contributed by atoms with Crippen molar-refractivity contribution in [3.05, 3.63) is 23.2 Å². The smallest absolute Gasteiger partial charge is 0.185 e. The molecule has 0 radical (unpaired) electrons. The zero-order valence-electron chi connectivity index (χ0n) is 5.91. The van der Waals surface area contributed by atoms with Crippen LogP contribution in [-0.4, -0.2) is 11.4 Å². The van der Waals surface area contributed by atoms with Crippen molar-refractivity contribution in [1.29, 1.82) is 0 Å². The number of hydrogen-bond acceptors (Lipinski definition) is 4. The van der Waals surface area contributed by atoms with Gasteiger partial charge < -0.3 is 15.3 Å². The highest BCUT2D eigenvalue weighted by atomic mass is 16.4. The molecule has 60 valence electrons. The lowest BCUT2D eigenvalue weighted by Gasteiger charge is -1.91. The van der Waals surface area contributed by atoms with Gasteiger partial charge in [-0.1, -0.05) is 0 Å². The summed E-state index contributed by atoms with van der Waals surface area (Å²) in [4.78, 5) is 10.2. The lowest BCUT2D eigenvalue weighted by atomic mass is 10.2. The minimum Gasteiger partial charge on any atom is -0.455 e. The number of hydrogen-bond donors (Lipinski definition) is 2. The van der Waals surface area contributed by atoms with Crippen molar-refractivity contribution in [3.63, 3.8) is 0 Å². The van der Waals surface area contributed by atoms with Crippen molar-refractivity contribution in [1.82, 2.24) is 0 Å². The van der Waals surface area contributed by atoms with Crippen LogP contribution < -0.4 is 5.73 Å². The average Bonchev–Trinajstić information content (AvgIpc) is 2.46. The van der Waals surface area contributed by atoms with Crippen LogP contribution in [0.5, 0.6) is 0 Å². The Morgan fingerprint density at radius 1 is 1.73 bits per heavy atom. The molecule has 0 amide bonds. The van der Waals surface area contributed by atoms with Crippen molar-refractivity contribution in [2.45, 2.75) is 13.2 Å². The van der Waals surface area contributed by atoms with Crippen LogP contribution in [0.3, 0.4) is 0 Å². The Bertz CT molecular complexity index is 233. The van der Waals surface area contributed by atoms with Crippen LogP contribution in [0.15, 0.2) is 10.5 Å². The van der Waals surface area contributed by atoms with E-state index in [1.165, 1.54) is 6.07 Å². The summed E-state index contributed by atoms with van der Waals surface area (Å²) >= 11 is 0. The topological polar surface area (TPSA) is 76.5 Å². The first-order valence-electron chi connectivity index (χ1n) is 3.19. The SMILES string of the molecule is NCc1cc(C=O)oc1CO. The largest absolute Gasteiger partial charge is 0.455 e. The van der Waals surface area contributed by atoms with E-state index in [0.29, 0.717) is 17.6 Å². The summed E-state index contributed by atoms with van der Waals surface area (Å²) in [5, 5.41) is 8.69. The summed E-state index contributed by atoms with van der Waals surface area (Å²) in [6.07, 6.45) is 0.582. The molecule has 0 fully saturated rings. The zero-order valence-corrected chi connectivity index (χ0v) is 5.91. The van der Waals surface area contributed by atoms with E-state index in [2.05, 4.69) is 0 Å². The van der Waals surface area contributed by atoms with Crippen LogP contribution in [0.4, 0.5) is 0 Å². The number of furan rings is 1. The van der Waals surface area contributed by atoms with Crippen molar-refractivity contribution >= 4 is 6.29 Å². The van der Waals surface area contributed by atoms with E-state index in [9.17, 15) is 4.79 Å². The molecule has 4 nitrogen and oxygen atoms in total. The molecule has 1 heterocycles. The summed E-state index contributed by atoms with van der Waals surface area (Å²) in [7, 11) is 0. The molecule has 0 aliphatic carbocycles. The number of aldehydes is 1. The van der Waals surface area contributed by atoms with Crippen molar-refractivity contribution < 1.29 is 14.3 Å². The van der Waals surface area contributed by atoms with E-state index < -0.39 is 0 Å². The number of aliphatic hydroxyl groups is 1. The molecule has 4 heteroatoms. The fourth-order valence-electron chi connectivity index (χ4n) is 0.854. The number of carbonyl (C=O) groups is 1. The van der Waals surface area contributed by atoms with Gasteiger partial charge in [0.2, 0.25) is 0 Å². The van der Waals surface area contributed by atoms with Crippen molar-refractivity contribution in [3.8, 4) is 0 Å². The van der Waals surface area contributed by atoms with Gasteiger partial charge in [0.25, 0.3) is 0 Å². The minimum atomic E-state index is -0.222. The molecule has 0 saturated carbocycles. The van der Waals surface area contributed by atoms with Crippen LogP contribution in [0.25, 0.3) is 0 Å². The van der Waals surface area contributed by atoms with Gasteiger partial charge in [0.1, 0.15) is 12.4 Å². The Labute approximate surface area is 63.6 Å². The average molecular weight is 155 g/mol. The van der Waals surface area contributed by atoms with Crippen molar-refractivity contribution in [2.75, 3.05) is 0 Å². The Morgan fingerprint density at radius 2 is 2.45 bits per heavy atom. The number of nitrogens with two attached hydrogens (primary N) is 1. The summed E-state index contributed by atoms with van der Waals surface area (Å²) < 4.78 is 4.91. The summed E-state index contributed by atoms with van der Waals surface area (Å²) in [6.45, 7) is 0.0492. The van der Waals surface area contributed by atoms with E-state index in [4.69, 9.17) is 15.3 Å². The van der Waals surface area contributed by atoms with Crippen molar-refractivity contribution in [2.24, 2.45) is 5.73 Å². The molecule has 1 aromatic heterocycles. The second kappa shape index (κ2) is 3.32. The minimum absolute atomic E-state index is 0.203. The monoisotopic (exact) mass is 155 g/mol. The third-order valence-electron chi connectivity index (χ3n) is 1.40.